The summed E-state index contributed by atoms with van der Waals surface area (Å²) < 4.78 is 24.2. The molecule has 0 saturated heterocycles. The summed E-state index contributed by atoms with van der Waals surface area (Å²) in [5.41, 5.74) is 0.855. The number of pyridine rings is 1. The van der Waals surface area contributed by atoms with Crippen molar-refractivity contribution >= 4 is 10.0 Å². The summed E-state index contributed by atoms with van der Waals surface area (Å²) in [5.74, 6) is 0. The number of hydrogen-bond donors (Lipinski definition) is 1. The van der Waals surface area contributed by atoms with Crippen LogP contribution in [0.25, 0.3) is 0 Å². The average Bonchev–Trinajstić information content (AvgIpc) is 2.03. The van der Waals surface area contributed by atoms with Crippen LogP contribution in [0.5, 0.6) is 0 Å². The molecule has 0 spiro atoms. The molecule has 0 fully saturated rings. The number of aromatic nitrogens is 1. The topological polar surface area (TPSA) is 59.1 Å². The Balaban J connectivity index is 2.76. The van der Waals surface area contributed by atoms with Crippen molar-refractivity contribution in [3.05, 3.63) is 30.1 Å². The molecule has 1 aromatic rings. The Bertz CT molecular complexity index is 361. The maximum Gasteiger partial charge on any atom is 0.209 e. The highest BCUT2D eigenvalue weighted by molar-refractivity contribution is 7.88. The fourth-order valence-corrected chi connectivity index (χ4v) is 1.80. The van der Waals surface area contributed by atoms with Gasteiger partial charge >= 0.3 is 0 Å². The molecule has 13 heavy (non-hydrogen) atoms. The maximum atomic E-state index is 10.9. The molecule has 0 amide bonds. The van der Waals surface area contributed by atoms with Crippen molar-refractivity contribution in [3.63, 3.8) is 0 Å². The Kier molecular flexibility index (Phi) is 3.00. The molecule has 0 saturated carbocycles. The van der Waals surface area contributed by atoms with Gasteiger partial charge in [0.15, 0.2) is 0 Å². The van der Waals surface area contributed by atoms with Gasteiger partial charge < -0.3 is 0 Å². The van der Waals surface area contributed by atoms with Crippen molar-refractivity contribution in [2.75, 3.05) is 6.26 Å². The Hall–Kier alpha value is -0.940. The van der Waals surface area contributed by atoms with E-state index in [0.717, 1.165) is 11.8 Å². The summed E-state index contributed by atoms with van der Waals surface area (Å²) >= 11 is 0. The zero-order chi connectivity index (χ0) is 9.90. The summed E-state index contributed by atoms with van der Waals surface area (Å²) in [7, 11) is -3.15. The summed E-state index contributed by atoms with van der Waals surface area (Å²) in [6.07, 6.45) is 4.43. The predicted molar refractivity (Wildman–Crippen MR) is 50.6 cm³/mol. The average molecular weight is 200 g/mol. The third-order valence-electron chi connectivity index (χ3n) is 1.58. The molecule has 1 rings (SSSR count). The van der Waals surface area contributed by atoms with Crippen LogP contribution in [-0.2, 0) is 10.0 Å². The zero-order valence-electron chi connectivity index (χ0n) is 7.56. The van der Waals surface area contributed by atoms with Gasteiger partial charge in [0, 0.05) is 18.4 Å². The highest BCUT2D eigenvalue weighted by Crippen LogP contribution is 2.10. The number of nitrogens with zero attached hydrogens (tertiary/aromatic N) is 1. The molecule has 0 aliphatic heterocycles. The summed E-state index contributed by atoms with van der Waals surface area (Å²) in [5, 5.41) is 0. The molecule has 0 unspecified atom stereocenters. The van der Waals surface area contributed by atoms with Gasteiger partial charge in [-0.2, -0.15) is 0 Å². The smallest absolute Gasteiger partial charge is 0.209 e. The molecule has 0 bridgehead atoms. The first-order valence-electron chi connectivity index (χ1n) is 3.86. The highest BCUT2D eigenvalue weighted by atomic mass is 32.2. The summed E-state index contributed by atoms with van der Waals surface area (Å²) in [6.45, 7) is 1.78. The Morgan fingerprint density at radius 3 is 2.69 bits per heavy atom. The largest absolute Gasteiger partial charge is 0.264 e. The van der Waals surface area contributed by atoms with Gasteiger partial charge in [-0.1, -0.05) is 6.07 Å². The molecule has 0 radical (unpaired) electrons. The lowest BCUT2D eigenvalue weighted by Gasteiger charge is -2.11. The van der Waals surface area contributed by atoms with E-state index in [9.17, 15) is 8.42 Å². The number of sulfonamides is 1. The van der Waals surface area contributed by atoms with Crippen LogP contribution in [0.15, 0.2) is 24.5 Å². The Labute approximate surface area is 78.1 Å². The minimum atomic E-state index is -3.15. The maximum absolute atomic E-state index is 10.9. The van der Waals surface area contributed by atoms with Crippen LogP contribution >= 0.6 is 0 Å². The standard InChI is InChI=1S/C8H12N2O2S/c1-7(10-13(2,11)12)8-4-3-5-9-6-8/h3-7,10H,1-2H3/t7-/m0/s1. The quantitative estimate of drug-likeness (QED) is 0.781. The monoisotopic (exact) mass is 200 g/mol. The Morgan fingerprint density at radius 1 is 1.54 bits per heavy atom. The van der Waals surface area contributed by atoms with Gasteiger partial charge in [0.25, 0.3) is 0 Å². The molecule has 5 heteroatoms. The van der Waals surface area contributed by atoms with Crippen molar-refractivity contribution in [3.8, 4) is 0 Å². The SMILES string of the molecule is C[C@H](NS(C)(=O)=O)c1cccnc1. The predicted octanol–water partition coefficient (Wildman–Crippen LogP) is 0.692. The molecular formula is C8H12N2O2S. The molecule has 72 valence electrons. The lowest BCUT2D eigenvalue weighted by Crippen LogP contribution is -2.25. The first-order valence-corrected chi connectivity index (χ1v) is 5.75. The van der Waals surface area contributed by atoms with Gasteiger partial charge in [-0.25, -0.2) is 13.1 Å². The molecule has 0 aliphatic rings. The third-order valence-corrected chi connectivity index (χ3v) is 2.36. The van der Waals surface area contributed by atoms with Crippen molar-refractivity contribution in [2.45, 2.75) is 13.0 Å². The minimum Gasteiger partial charge on any atom is -0.264 e. The Morgan fingerprint density at radius 2 is 2.23 bits per heavy atom. The van der Waals surface area contributed by atoms with Crippen LogP contribution < -0.4 is 4.72 Å². The van der Waals surface area contributed by atoms with Crippen molar-refractivity contribution in [1.82, 2.24) is 9.71 Å². The van der Waals surface area contributed by atoms with Gasteiger partial charge in [0.05, 0.1) is 6.26 Å². The van der Waals surface area contributed by atoms with Crippen molar-refractivity contribution < 1.29 is 8.42 Å². The van der Waals surface area contributed by atoms with Gasteiger partial charge in [-0.3, -0.25) is 4.98 Å². The molecule has 1 N–H and O–H groups in total. The van der Waals surface area contributed by atoms with E-state index in [1.807, 2.05) is 6.07 Å². The van der Waals surface area contributed by atoms with Crippen LogP contribution in [0.1, 0.15) is 18.5 Å². The van der Waals surface area contributed by atoms with Crippen LogP contribution in [-0.4, -0.2) is 19.7 Å². The fraction of sp³-hybridized carbons (Fsp3) is 0.375. The minimum absolute atomic E-state index is 0.233. The molecular weight excluding hydrogens is 188 g/mol. The number of hydrogen-bond acceptors (Lipinski definition) is 3. The highest BCUT2D eigenvalue weighted by Gasteiger charge is 2.09. The lowest BCUT2D eigenvalue weighted by atomic mass is 10.2. The van der Waals surface area contributed by atoms with E-state index < -0.39 is 10.0 Å². The second-order valence-electron chi connectivity index (χ2n) is 2.90. The molecule has 0 aromatic carbocycles. The second-order valence-corrected chi connectivity index (χ2v) is 4.68. The van der Waals surface area contributed by atoms with Gasteiger partial charge in [-0.05, 0) is 18.6 Å². The summed E-state index contributed by atoms with van der Waals surface area (Å²) in [4.78, 5) is 3.90. The lowest BCUT2D eigenvalue weighted by molar-refractivity contribution is 0.573. The number of rotatable bonds is 3. The molecule has 1 aromatic heterocycles. The van der Waals surface area contributed by atoms with E-state index in [2.05, 4.69) is 9.71 Å². The third kappa shape index (κ3) is 3.52. The van der Waals surface area contributed by atoms with Crippen LogP contribution in [0, 0.1) is 0 Å². The van der Waals surface area contributed by atoms with Crippen LogP contribution in [0.2, 0.25) is 0 Å². The number of nitrogens with one attached hydrogen (secondary N) is 1. The van der Waals surface area contributed by atoms with Gasteiger partial charge in [0.1, 0.15) is 0 Å². The van der Waals surface area contributed by atoms with E-state index in [1.165, 1.54) is 0 Å². The van der Waals surface area contributed by atoms with Crippen LogP contribution in [0.4, 0.5) is 0 Å². The molecule has 4 nitrogen and oxygen atoms in total. The van der Waals surface area contributed by atoms with Crippen LogP contribution in [0.3, 0.4) is 0 Å². The second kappa shape index (κ2) is 3.85. The van der Waals surface area contributed by atoms with Crippen molar-refractivity contribution in [2.24, 2.45) is 0 Å². The van der Waals surface area contributed by atoms with E-state index >= 15 is 0 Å². The first-order chi connectivity index (χ1) is 5.99. The van der Waals surface area contributed by atoms with E-state index in [0.29, 0.717) is 0 Å². The molecule has 1 atom stereocenters. The van der Waals surface area contributed by atoms with Gasteiger partial charge in [0.2, 0.25) is 10.0 Å². The van der Waals surface area contributed by atoms with Crippen molar-refractivity contribution in [1.29, 1.82) is 0 Å². The van der Waals surface area contributed by atoms with E-state index in [-0.39, 0.29) is 6.04 Å². The zero-order valence-corrected chi connectivity index (χ0v) is 8.38. The molecule has 0 aliphatic carbocycles. The first kappa shape index (κ1) is 10.1. The fourth-order valence-electron chi connectivity index (χ4n) is 1.02. The normalized spacial score (nSPS) is 14.0. The molecule has 1 heterocycles. The van der Waals surface area contributed by atoms with E-state index in [1.54, 1.807) is 25.4 Å². The van der Waals surface area contributed by atoms with E-state index in [4.69, 9.17) is 0 Å². The van der Waals surface area contributed by atoms with Gasteiger partial charge in [-0.15, -0.1) is 0 Å². The summed E-state index contributed by atoms with van der Waals surface area (Å²) in [6, 6.07) is 3.37.